The summed E-state index contributed by atoms with van der Waals surface area (Å²) in [5.74, 6) is -0.868. The first-order valence-electron chi connectivity index (χ1n) is 16.9. The highest BCUT2D eigenvalue weighted by atomic mass is 35.5. The third kappa shape index (κ3) is 6.19. The van der Waals surface area contributed by atoms with Gasteiger partial charge in [0.2, 0.25) is 0 Å². The molecule has 51 heavy (non-hydrogen) atoms. The highest BCUT2D eigenvalue weighted by Gasteiger charge is 2.58. The van der Waals surface area contributed by atoms with Crippen LogP contribution in [0.1, 0.15) is 70.9 Å². The molecule has 2 aromatic heterocycles. The minimum Gasteiger partial charge on any atom is -0.496 e. The number of fused-ring (bicyclic) bond motifs is 3. The molecule has 0 radical (unpaired) electrons. The number of amides is 1. The van der Waals surface area contributed by atoms with Crippen LogP contribution in [-0.2, 0) is 29.5 Å². The van der Waals surface area contributed by atoms with Crippen molar-refractivity contribution >= 4 is 47.1 Å². The van der Waals surface area contributed by atoms with Crippen LogP contribution in [0.3, 0.4) is 0 Å². The molecule has 7 rings (SSSR count). The average Bonchev–Trinajstić information content (AvgIpc) is 3.82. The fourth-order valence-electron chi connectivity index (χ4n) is 8.41. The zero-order valence-electron chi connectivity index (χ0n) is 28.7. The second-order valence-electron chi connectivity index (χ2n) is 13.9. The number of halogens is 3. The van der Waals surface area contributed by atoms with Crippen LogP contribution in [0.2, 0.25) is 10.0 Å². The molecule has 266 valence electrons. The predicted molar refractivity (Wildman–Crippen MR) is 192 cm³/mol. The van der Waals surface area contributed by atoms with E-state index in [2.05, 4.69) is 15.2 Å². The molecular weight excluding hydrogens is 696 g/mol. The number of nitrogens with zero attached hydrogens (tertiary/aromatic N) is 4. The minimum atomic E-state index is -0.764. The van der Waals surface area contributed by atoms with E-state index in [0.29, 0.717) is 35.2 Å². The Balaban J connectivity index is 1.06. The summed E-state index contributed by atoms with van der Waals surface area (Å²) in [6.45, 7) is 2.44. The summed E-state index contributed by atoms with van der Waals surface area (Å²) in [5.41, 5.74) is 3.63. The van der Waals surface area contributed by atoms with Gasteiger partial charge < -0.3 is 19.4 Å². The van der Waals surface area contributed by atoms with Crippen molar-refractivity contribution in [2.24, 2.45) is 17.9 Å². The first kappa shape index (κ1) is 35.1. The number of hydrogen-bond acceptors (Lipinski definition) is 8. The Hall–Kier alpha value is -4.32. The molecule has 2 bridgehead atoms. The molecule has 0 atom stereocenters. The van der Waals surface area contributed by atoms with Gasteiger partial charge >= 0.3 is 5.97 Å². The Morgan fingerprint density at radius 3 is 2.57 bits per heavy atom. The third-order valence-corrected chi connectivity index (χ3v) is 12.0. The second-order valence-corrected chi connectivity index (χ2v) is 14.7. The Labute approximate surface area is 305 Å². The molecule has 4 aromatic rings. The van der Waals surface area contributed by atoms with E-state index in [-0.39, 0.29) is 49.7 Å². The monoisotopic (exact) mass is 733 g/mol. The van der Waals surface area contributed by atoms with Gasteiger partial charge in [0.05, 0.1) is 52.3 Å². The van der Waals surface area contributed by atoms with Crippen LogP contribution in [-0.4, -0.2) is 64.9 Å². The van der Waals surface area contributed by atoms with Crippen molar-refractivity contribution in [3.63, 3.8) is 0 Å². The van der Waals surface area contributed by atoms with Crippen molar-refractivity contribution in [1.82, 2.24) is 19.4 Å². The van der Waals surface area contributed by atoms with Gasteiger partial charge in [-0.15, -0.1) is 0 Å². The number of carbonyl (C=O) groups excluding carboxylic acids is 3. The Bertz CT molecular complexity index is 2060. The number of rotatable bonds is 10. The number of aromatic nitrogens is 3. The predicted octanol–water partition coefficient (Wildman–Crippen LogP) is 7.54. The number of aldehydes is 1. The Morgan fingerprint density at radius 1 is 1.08 bits per heavy atom. The maximum absolute atomic E-state index is 14.7. The molecule has 2 saturated carbocycles. The zero-order chi connectivity index (χ0) is 36.1. The van der Waals surface area contributed by atoms with Crippen LogP contribution >= 0.6 is 23.2 Å². The molecule has 2 fully saturated rings. The lowest BCUT2D eigenvalue weighted by atomic mass is 9.80. The molecule has 13 heteroatoms. The standard InChI is InChI=1S/C38H38Cl2FN5O5/c1-45-29-8-15-46(16-13-37-9-11-38(21-37,12-10-37)36(49)51-3)19-28(29)43-34(45)35(48)44-27-6-4-5-23(31(27)39)24-7-14-42-33(32(24)40)22-17-26(41)25(20-47)30(18-22)50-2/h4-7,14,17-18,20H,8-13,15-16,19,21H2,1-3H3,(H,44,48). The quantitative estimate of drug-likeness (QED) is 0.131. The van der Waals surface area contributed by atoms with Gasteiger partial charge in [-0.05, 0) is 74.8 Å². The summed E-state index contributed by atoms with van der Waals surface area (Å²) in [5, 5.41) is 3.39. The summed E-state index contributed by atoms with van der Waals surface area (Å²) in [4.78, 5) is 49.1. The first-order valence-corrected chi connectivity index (χ1v) is 17.7. The summed E-state index contributed by atoms with van der Waals surface area (Å²) >= 11 is 13.7. The van der Waals surface area contributed by atoms with Gasteiger partial charge in [0.1, 0.15) is 11.6 Å². The number of methoxy groups -OCH3 is 2. The maximum Gasteiger partial charge on any atom is 0.311 e. The molecular formula is C38H38Cl2FN5O5. The van der Waals surface area contributed by atoms with E-state index >= 15 is 0 Å². The van der Waals surface area contributed by atoms with Crippen molar-refractivity contribution in [1.29, 1.82) is 0 Å². The fourth-order valence-corrected chi connectivity index (χ4v) is 9.01. The average molecular weight is 735 g/mol. The molecule has 2 aromatic carbocycles. The van der Waals surface area contributed by atoms with E-state index in [4.69, 9.17) is 37.7 Å². The van der Waals surface area contributed by atoms with Gasteiger partial charge in [-0.1, -0.05) is 35.3 Å². The zero-order valence-corrected chi connectivity index (χ0v) is 30.2. The van der Waals surface area contributed by atoms with Gasteiger partial charge in [-0.3, -0.25) is 24.3 Å². The largest absolute Gasteiger partial charge is 0.496 e. The number of hydrogen-bond donors (Lipinski definition) is 1. The highest BCUT2D eigenvalue weighted by molar-refractivity contribution is 6.39. The number of nitrogens with one attached hydrogen (secondary N) is 1. The first-order chi connectivity index (χ1) is 24.5. The number of imidazole rings is 1. The molecule has 3 heterocycles. The third-order valence-electron chi connectivity index (χ3n) is 11.2. The normalized spacial score (nSPS) is 21.0. The fraction of sp³-hybridized carbons (Fsp3) is 0.395. The maximum atomic E-state index is 14.7. The summed E-state index contributed by atoms with van der Waals surface area (Å²) in [6, 6.07) is 9.56. The SMILES string of the molecule is COC(=O)C12CCC(CCN3CCc4c(nc(C(=O)Nc5cccc(-c6ccnc(-c7cc(F)c(C=O)c(OC)c7)c6Cl)c5Cl)n4C)C3)(CC1)C2. The molecule has 2 aliphatic carbocycles. The molecule has 0 unspecified atom stereocenters. The molecule has 1 aliphatic heterocycles. The molecule has 1 N–H and O–H groups in total. The van der Waals surface area contributed by atoms with Gasteiger partial charge in [0.15, 0.2) is 12.1 Å². The topological polar surface area (TPSA) is 116 Å². The van der Waals surface area contributed by atoms with Crippen molar-refractivity contribution in [3.05, 3.63) is 81.2 Å². The van der Waals surface area contributed by atoms with Crippen LogP contribution in [0, 0.1) is 16.6 Å². The van der Waals surface area contributed by atoms with Gasteiger partial charge in [0.25, 0.3) is 5.91 Å². The van der Waals surface area contributed by atoms with Crippen molar-refractivity contribution < 1.29 is 28.2 Å². The van der Waals surface area contributed by atoms with E-state index in [1.165, 1.54) is 32.5 Å². The minimum absolute atomic E-state index is 0.0508. The summed E-state index contributed by atoms with van der Waals surface area (Å²) in [6.07, 6.45) is 8.62. The lowest BCUT2D eigenvalue weighted by Crippen LogP contribution is -2.34. The van der Waals surface area contributed by atoms with E-state index in [1.807, 2.05) is 11.6 Å². The van der Waals surface area contributed by atoms with Gasteiger partial charge in [-0.25, -0.2) is 9.37 Å². The number of pyridine rings is 1. The van der Waals surface area contributed by atoms with E-state index < -0.39 is 11.7 Å². The number of benzene rings is 2. The molecule has 0 saturated heterocycles. The van der Waals surface area contributed by atoms with Crippen LogP contribution in [0.4, 0.5) is 10.1 Å². The van der Waals surface area contributed by atoms with Crippen LogP contribution < -0.4 is 10.1 Å². The summed E-state index contributed by atoms with van der Waals surface area (Å²) < 4.78 is 26.9. The van der Waals surface area contributed by atoms with E-state index in [9.17, 15) is 18.8 Å². The molecule has 3 aliphatic rings. The lowest BCUT2D eigenvalue weighted by molar-refractivity contribution is -0.152. The van der Waals surface area contributed by atoms with Crippen molar-refractivity contribution in [2.45, 2.75) is 51.5 Å². The number of ether oxygens (including phenoxy) is 2. The van der Waals surface area contributed by atoms with E-state index in [0.717, 1.165) is 69.4 Å². The van der Waals surface area contributed by atoms with Gasteiger partial charge in [0, 0.05) is 55.1 Å². The van der Waals surface area contributed by atoms with Crippen LogP contribution in [0.5, 0.6) is 5.75 Å². The molecule has 0 spiro atoms. The van der Waals surface area contributed by atoms with E-state index in [1.54, 1.807) is 24.3 Å². The Morgan fingerprint density at radius 2 is 1.84 bits per heavy atom. The highest BCUT2D eigenvalue weighted by Crippen LogP contribution is 2.63. The molecule has 1 amide bonds. The van der Waals surface area contributed by atoms with Crippen LogP contribution in [0.25, 0.3) is 22.4 Å². The number of esters is 1. The smallest absolute Gasteiger partial charge is 0.311 e. The number of anilines is 1. The van der Waals surface area contributed by atoms with Crippen molar-refractivity contribution in [3.8, 4) is 28.1 Å². The van der Waals surface area contributed by atoms with Crippen LogP contribution in [0.15, 0.2) is 42.6 Å². The van der Waals surface area contributed by atoms with Gasteiger partial charge in [-0.2, -0.15) is 0 Å². The molecule has 10 nitrogen and oxygen atoms in total. The second kappa shape index (κ2) is 13.7. The lowest BCUT2D eigenvalue weighted by Gasteiger charge is -2.32. The Kier molecular flexibility index (Phi) is 9.41. The number of carbonyl (C=O) groups is 3. The summed E-state index contributed by atoms with van der Waals surface area (Å²) in [7, 11) is 4.69. The van der Waals surface area contributed by atoms with Crippen molar-refractivity contribution in [2.75, 3.05) is 32.6 Å².